The van der Waals surface area contributed by atoms with Gasteiger partial charge in [0.25, 0.3) is 0 Å². The molecule has 0 spiro atoms. The molecule has 0 saturated heterocycles. The van der Waals surface area contributed by atoms with E-state index in [4.69, 9.17) is 9.47 Å². The Morgan fingerprint density at radius 1 is 1.17 bits per heavy atom. The van der Waals surface area contributed by atoms with Gasteiger partial charge in [-0.25, -0.2) is 0 Å². The molecule has 1 aliphatic carbocycles. The van der Waals surface area contributed by atoms with Crippen LogP contribution < -0.4 is 15.4 Å². The largest absolute Gasteiger partial charge is 0.496 e. The molecular weight excluding hydrogens is 302 g/mol. The standard InChI is InChI=1S/C19H31N3O2/c1-20-19(21-13-7-15-24-17-9-4-5-10-17)22-14-12-16-8-3-6-11-18(16)23-2/h3,6,8,11,17H,4-5,7,9-10,12-15H2,1-2H3,(H2,20,21,22). The van der Waals surface area contributed by atoms with Gasteiger partial charge in [0.2, 0.25) is 0 Å². The molecule has 5 heteroatoms. The predicted molar refractivity (Wildman–Crippen MR) is 98.9 cm³/mol. The maximum absolute atomic E-state index is 5.87. The Bertz CT molecular complexity index is 499. The zero-order chi connectivity index (χ0) is 17.0. The number of guanidine groups is 1. The number of benzene rings is 1. The molecule has 24 heavy (non-hydrogen) atoms. The number of nitrogens with zero attached hydrogens (tertiary/aromatic N) is 1. The highest BCUT2D eigenvalue weighted by Gasteiger charge is 2.14. The summed E-state index contributed by atoms with van der Waals surface area (Å²) in [5, 5.41) is 6.68. The fourth-order valence-corrected chi connectivity index (χ4v) is 3.03. The van der Waals surface area contributed by atoms with Crippen molar-refractivity contribution in [3.8, 4) is 5.75 Å². The van der Waals surface area contributed by atoms with Gasteiger partial charge in [0.1, 0.15) is 5.75 Å². The van der Waals surface area contributed by atoms with Crippen LogP contribution in [-0.4, -0.2) is 45.9 Å². The van der Waals surface area contributed by atoms with Crippen LogP contribution >= 0.6 is 0 Å². The second-order valence-corrected chi connectivity index (χ2v) is 6.12. The number of aliphatic imine (C=N–C) groups is 1. The van der Waals surface area contributed by atoms with Gasteiger partial charge in [-0.1, -0.05) is 31.0 Å². The maximum Gasteiger partial charge on any atom is 0.190 e. The van der Waals surface area contributed by atoms with Gasteiger partial charge in [-0.15, -0.1) is 0 Å². The van der Waals surface area contributed by atoms with Crippen LogP contribution in [0.15, 0.2) is 29.3 Å². The lowest BCUT2D eigenvalue weighted by atomic mass is 10.1. The van der Waals surface area contributed by atoms with Crippen LogP contribution in [0.2, 0.25) is 0 Å². The second kappa shape index (κ2) is 10.9. The molecule has 0 bridgehead atoms. The van der Waals surface area contributed by atoms with Crippen molar-refractivity contribution in [2.24, 2.45) is 4.99 Å². The van der Waals surface area contributed by atoms with Crippen LogP contribution in [0.25, 0.3) is 0 Å². The van der Waals surface area contributed by atoms with E-state index in [-0.39, 0.29) is 0 Å². The molecule has 0 radical (unpaired) electrons. The highest BCUT2D eigenvalue weighted by atomic mass is 16.5. The van der Waals surface area contributed by atoms with Crippen LogP contribution in [0.5, 0.6) is 5.75 Å². The summed E-state index contributed by atoms with van der Waals surface area (Å²) >= 11 is 0. The average molecular weight is 333 g/mol. The highest BCUT2D eigenvalue weighted by Crippen LogP contribution is 2.20. The van der Waals surface area contributed by atoms with Crippen molar-refractivity contribution in [3.05, 3.63) is 29.8 Å². The predicted octanol–water partition coefficient (Wildman–Crippen LogP) is 2.75. The molecule has 134 valence electrons. The van der Waals surface area contributed by atoms with Crippen molar-refractivity contribution in [2.45, 2.75) is 44.6 Å². The highest BCUT2D eigenvalue weighted by molar-refractivity contribution is 5.79. The Morgan fingerprint density at radius 3 is 2.67 bits per heavy atom. The lowest BCUT2D eigenvalue weighted by molar-refractivity contribution is 0.0574. The molecule has 2 rings (SSSR count). The monoisotopic (exact) mass is 333 g/mol. The molecular formula is C19H31N3O2. The number of rotatable bonds is 9. The molecule has 0 aliphatic heterocycles. The zero-order valence-electron chi connectivity index (χ0n) is 15.0. The van der Waals surface area contributed by atoms with Gasteiger partial charge >= 0.3 is 0 Å². The lowest BCUT2D eigenvalue weighted by Gasteiger charge is -2.14. The SMILES string of the molecule is CN=C(NCCCOC1CCCC1)NCCc1ccccc1OC. The number of hydrogen-bond donors (Lipinski definition) is 2. The van der Waals surface area contributed by atoms with Gasteiger partial charge in [0.05, 0.1) is 13.2 Å². The van der Waals surface area contributed by atoms with Crippen molar-refractivity contribution < 1.29 is 9.47 Å². The summed E-state index contributed by atoms with van der Waals surface area (Å²) in [4.78, 5) is 4.26. The van der Waals surface area contributed by atoms with Crippen LogP contribution in [0.4, 0.5) is 0 Å². The normalized spacial score (nSPS) is 15.5. The Labute approximate surface area is 145 Å². The van der Waals surface area contributed by atoms with E-state index < -0.39 is 0 Å². The first-order chi connectivity index (χ1) is 11.8. The van der Waals surface area contributed by atoms with Crippen molar-refractivity contribution in [1.29, 1.82) is 0 Å². The molecule has 0 unspecified atom stereocenters. The fourth-order valence-electron chi connectivity index (χ4n) is 3.03. The first-order valence-corrected chi connectivity index (χ1v) is 9.01. The lowest BCUT2D eigenvalue weighted by Crippen LogP contribution is -2.39. The molecule has 1 aliphatic rings. The van der Waals surface area contributed by atoms with E-state index in [2.05, 4.69) is 21.7 Å². The fraction of sp³-hybridized carbons (Fsp3) is 0.632. The zero-order valence-corrected chi connectivity index (χ0v) is 15.0. The molecule has 2 N–H and O–H groups in total. The van der Waals surface area contributed by atoms with Crippen LogP contribution in [0.3, 0.4) is 0 Å². The van der Waals surface area contributed by atoms with Crippen molar-refractivity contribution in [3.63, 3.8) is 0 Å². The second-order valence-electron chi connectivity index (χ2n) is 6.12. The summed E-state index contributed by atoms with van der Waals surface area (Å²) in [6.07, 6.45) is 7.53. The number of nitrogens with one attached hydrogen (secondary N) is 2. The first-order valence-electron chi connectivity index (χ1n) is 9.01. The molecule has 1 saturated carbocycles. The third kappa shape index (κ3) is 6.40. The van der Waals surface area contributed by atoms with Crippen molar-refractivity contribution in [1.82, 2.24) is 10.6 Å². The molecule has 0 atom stereocenters. The number of para-hydroxylation sites is 1. The maximum atomic E-state index is 5.87. The number of methoxy groups -OCH3 is 1. The summed E-state index contributed by atoms with van der Waals surface area (Å²) in [5.74, 6) is 1.78. The minimum atomic E-state index is 0.503. The topological polar surface area (TPSA) is 54.9 Å². The van der Waals surface area contributed by atoms with Crippen LogP contribution in [0, 0.1) is 0 Å². The van der Waals surface area contributed by atoms with Gasteiger partial charge in [-0.05, 0) is 37.3 Å². The molecule has 1 aromatic carbocycles. The van der Waals surface area contributed by atoms with E-state index in [1.807, 2.05) is 18.2 Å². The molecule has 5 nitrogen and oxygen atoms in total. The Balaban J connectivity index is 1.58. The molecule has 0 aromatic heterocycles. The summed E-state index contributed by atoms with van der Waals surface area (Å²) in [6, 6.07) is 8.11. The molecule has 0 heterocycles. The average Bonchev–Trinajstić information content (AvgIpc) is 3.13. The first kappa shape index (κ1) is 18.6. The summed E-state index contributed by atoms with van der Waals surface area (Å²) < 4.78 is 11.2. The number of hydrogen-bond acceptors (Lipinski definition) is 3. The smallest absolute Gasteiger partial charge is 0.190 e. The third-order valence-corrected chi connectivity index (χ3v) is 4.37. The van der Waals surface area contributed by atoms with E-state index >= 15 is 0 Å². The Hall–Kier alpha value is -1.75. The molecule has 0 amide bonds. The third-order valence-electron chi connectivity index (χ3n) is 4.37. The van der Waals surface area contributed by atoms with Crippen LogP contribution in [0.1, 0.15) is 37.7 Å². The van der Waals surface area contributed by atoms with E-state index in [1.54, 1.807) is 14.2 Å². The number of ether oxygens (including phenoxy) is 2. The Morgan fingerprint density at radius 2 is 1.92 bits per heavy atom. The summed E-state index contributed by atoms with van der Waals surface area (Å²) in [5.41, 5.74) is 1.20. The van der Waals surface area contributed by atoms with E-state index in [1.165, 1.54) is 31.2 Å². The van der Waals surface area contributed by atoms with E-state index in [0.29, 0.717) is 6.10 Å². The van der Waals surface area contributed by atoms with Gasteiger partial charge in [-0.2, -0.15) is 0 Å². The van der Waals surface area contributed by atoms with Gasteiger partial charge < -0.3 is 20.1 Å². The minimum Gasteiger partial charge on any atom is -0.496 e. The Kier molecular flexibility index (Phi) is 8.46. The summed E-state index contributed by atoms with van der Waals surface area (Å²) in [7, 11) is 3.51. The molecule has 1 fully saturated rings. The van der Waals surface area contributed by atoms with Crippen molar-refractivity contribution >= 4 is 5.96 Å². The quantitative estimate of drug-likeness (QED) is 0.414. The summed E-state index contributed by atoms with van der Waals surface area (Å²) in [6.45, 7) is 2.52. The van der Waals surface area contributed by atoms with E-state index in [9.17, 15) is 0 Å². The van der Waals surface area contributed by atoms with Crippen LogP contribution in [-0.2, 0) is 11.2 Å². The minimum absolute atomic E-state index is 0.503. The van der Waals surface area contributed by atoms with Gasteiger partial charge in [0, 0.05) is 26.7 Å². The van der Waals surface area contributed by atoms with Crippen molar-refractivity contribution in [2.75, 3.05) is 33.9 Å². The van der Waals surface area contributed by atoms with Gasteiger partial charge in [0.15, 0.2) is 5.96 Å². The van der Waals surface area contributed by atoms with E-state index in [0.717, 1.165) is 44.2 Å². The van der Waals surface area contributed by atoms with Gasteiger partial charge in [-0.3, -0.25) is 4.99 Å². The molecule has 1 aromatic rings.